The summed E-state index contributed by atoms with van der Waals surface area (Å²) in [5.74, 6) is -0.391. The molecule has 0 saturated heterocycles. The SMILES string of the molecule is COc1cc(C=C(C#N)C(=O)Nc2cccc(Cl)c2C)cc(Br)c1O. The van der Waals surface area contributed by atoms with Crippen molar-refractivity contribution < 1.29 is 14.6 Å². The van der Waals surface area contributed by atoms with Crippen LogP contribution in [0.2, 0.25) is 5.02 Å². The first-order valence-electron chi connectivity index (χ1n) is 7.12. The predicted octanol–water partition coefficient (Wildman–Crippen LogP) is 4.67. The van der Waals surface area contributed by atoms with Crippen molar-refractivity contribution in [2.45, 2.75) is 6.92 Å². The summed E-state index contributed by atoms with van der Waals surface area (Å²) in [6.07, 6.45) is 1.40. The van der Waals surface area contributed by atoms with E-state index in [0.717, 1.165) is 0 Å². The molecule has 0 radical (unpaired) electrons. The Kier molecular flexibility index (Phi) is 6.07. The Labute approximate surface area is 158 Å². The second-order valence-corrected chi connectivity index (χ2v) is 6.35. The van der Waals surface area contributed by atoms with Crippen LogP contribution in [-0.2, 0) is 4.79 Å². The molecule has 0 aromatic heterocycles. The quantitative estimate of drug-likeness (QED) is 0.555. The highest BCUT2D eigenvalue weighted by molar-refractivity contribution is 9.10. The van der Waals surface area contributed by atoms with E-state index >= 15 is 0 Å². The second-order valence-electron chi connectivity index (χ2n) is 5.09. The second kappa shape index (κ2) is 8.06. The van der Waals surface area contributed by atoms with Crippen molar-refractivity contribution in [1.29, 1.82) is 5.26 Å². The van der Waals surface area contributed by atoms with Gasteiger partial charge in [0.1, 0.15) is 11.6 Å². The number of anilines is 1. The van der Waals surface area contributed by atoms with Crippen LogP contribution in [0, 0.1) is 18.3 Å². The minimum Gasteiger partial charge on any atom is -0.503 e. The van der Waals surface area contributed by atoms with Crippen molar-refractivity contribution in [3.63, 3.8) is 0 Å². The minimum atomic E-state index is -0.559. The highest BCUT2D eigenvalue weighted by atomic mass is 79.9. The standard InChI is InChI=1S/C18H14BrClN2O3/c1-10-14(20)4-3-5-15(10)22-18(24)12(9-21)6-11-7-13(19)17(23)16(8-11)25-2/h3-8,23H,1-2H3,(H,22,24). The summed E-state index contributed by atoms with van der Waals surface area (Å²) in [5, 5.41) is 22.3. The van der Waals surface area contributed by atoms with E-state index in [1.807, 2.05) is 6.07 Å². The number of nitriles is 1. The molecule has 0 heterocycles. The number of methoxy groups -OCH3 is 1. The number of carbonyl (C=O) groups excluding carboxylic acids is 1. The van der Waals surface area contributed by atoms with E-state index in [1.165, 1.54) is 19.3 Å². The van der Waals surface area contributed by atoms with E-state index in [1.54, 1.807) is 31.2 Å². The summed E-state index contributed by atoms with van der Waals surface area (Å²) >= 11 is 9.23. The highest BCUT2D eigenvalue weighted by Gasteiger charge is 2.13. The zero-order valence-corrected chi connectivity index (χ0v) is 15.8. The molecule has 0 unspecified atom stereocenters. The Morgan fingerprint density at radius 1 is 1.44 bits per heavy atom. The van der Waals surface area contributed by atoms with Gasteiger partial charge in [-0.3, -0.25) is 4.79 Å². The lowest BCUT2D eigenvalue weighted by Crippen LogP contribution is -2.14. The molecule has 0 aliphatic heterocycles. The number of halogens is 2. The van der Waals surface area contributed by atoms with Crippen LogP contribution in [0.5, 0.6) is 11.5 Å². The van der Waals surface area contributed by atoms with Crippen molar-refractivity contribution in [2.24, 2.45) is 0 Å². The van der Waals surface area contributed by atoms with Crippen LogP contribution in [0.25, 0.3) is 6.08 Å². The van der Waals surface area contributed by atoms with Crippen LogP contribution in [0.1, 0.15) is 11.1 Å². The average molecular weight is 422 g/mol. The third-order valence-corrected chi connectivity index (χ3v) is 4.48. The Bertz CT molecular complexity index is 904. The predicted molar refractivity (Wildman–Crippen MR) is 101 cm³/mol. The molecular formula is C18H14BrClN2O3. The number of benzene rings is 2. The molecule has 2 aromatic rings. The van der Waals surface area contributed by atoms with E-state index in [0.29, 0.717) is 26.3 Å². The van der Waals surface area contributed by atoms with Crippen molar-refractivity contribution in [2.75, 3.05) is 12.4 Å². The molecule has 2 rings (SSSR count). The Balaban J connectivity index is 2.34. The van der Waals surface area contributed by atoms with Gasteiger partial charge in [0.25, 0.3) is 5.91 Å². The number of aromatic hydroxyl groups is 1. The number of hydrogen-bond donors (Lipinski definition) is 2. The maximum atomic E-state index is 12.4. The van der Waals surface area contributed by atoms with E-state index in [9.17, 15) is 15.2 Å². The molecule has 0 bridgehead atoms. The van der Waals surface area contributed by atoms with E-state index in [4.69, 9.17) is 16.3 Å². The fourth-order valence-corrected chi connectivity index (χ4v) is 2.71. The lowest BCUT2D eigenvalue weighted by molar-refractivity contribution is -0.112. The van der Waals surface area contributed by atoms with Gasteiger partial charge >= 0.3 is 0 Å². The van der Waals surface area contributed by atoms with Gasteiger partial charge in [-0.2, -0.15) is 5.26 Å². The lowest BCUT2D eigenvalue weighted by Gasteiger charge is -2.09. The molecule has 0 saturated carbocycles. The number of nitrogens with one attached hydrogen (secondary N) is 1. The van der Waals surface area contributed by atoms with E-state index in [2.05, 4.69) is 21.2 Å². The third kappa shape index (κ3) is 4.32. The average Bonchev–Trinajstić information content (AvgIpc) is 2.59. The zero-order chi connectivity index (χ0) is 18.6. The fraction of sp³-hybridized carbons (Fsp3) is 0.111. The van der Waals surface area contributed by atoms with Crippen molar-refractivity contribution >= 4 is 45.2 Å². The zero-order valence-electron chi connectivity index (χ0n) is 13.4. The normalized spacial score (nSPS) is 10.9. The first-order valence-corrected chi connectivity index (χ1v) is 8.29. The monoisotopic (exact) mass is 420 g/mol. The molecule has 25 heavy (non-hydrogen) atoms. The van der Waals surface area contributed by atoms with Gasteiger partial charge in [-0.15, -0.1) is 0 Å². The van der Waals surface area contributed by atoms with Crippen LogP contribution in [0.3, 0.4) is 0 Å². The topological polar surface area (TPSA) is 82.3 Å². The van der Waals surface area contributed by atoms with Gasteiger partial charge in [-0.1, -0.05) is 17.7 Å². The van der Waals surface area contributed by atoms with Gasteiger partial charge < -0.3 is 15.2 Å². The fourth-order valence-electron chi connectivity index (χ4n) is 2.08. The number of rotatable bonds is 4. The summed E-state index contributed by atoms with van der Waals surface area (Å²) < 4.78 is 5.45. The first-order chi connectivity index (χ1) is 11.9. The summed E-state index contributed by atoms with van der Waals surface area (Å²) in [5.41, 5.74) is 1.67. The molecule has 0 fully saturated rings. The molecule has 0 spiro atoms. The molecular weight excluding hydrogens is 408 g/mol. The highest BCUT2D eigenvalue weighted by Crippen LogP contribution is 2.35. The molecule has 2 N–H and O–H groups in total. The third-order valence-electron chi connectivity index (χ3n) is 3.46. The maximum Gasteiger partial charge on any atom is 0.266 e. The maximum absolute atomic E-state index is 12.4. The molecule has 128 valence electrons. The van der Waals surface area contributed by atoms with Crippen LogP contribution in [0.15, 0.2) is 40.4 Å². The first kappa shape index (κ1) is 18.8. The van der Waals surface area contributed by atoms with Gasteiger partial charge in [-0.05, 0) is 64.3 Å². The molecule has 5 nitrogen and oxygen atoms in total. The number of ether oxygens (including phenoxy) is 1. The number of carbonyl (C=O) groups is 1. The number of phenolic OH excluding ortho intramolecular Hbond substituents is 1. The molecule has 1 amide bonds. The number of nitrogens with zero attached hydrogens (tertiary/aromatic N) is 1. The summed E-state index contributed by atoms with van der Waals surface area (Å²) in [4.78, 5) is 12.4. The van der Waals surface area contributed by atoms with Crippen LogP contribution < -0.4 is 10.1 Å². The summed E-state index contributed by atoms with van der Waals surface area (Å²) in [6, 6.07) is 10.1. The van der Waals surface area contributed by atoms with Crippen LogP contribution in [-0.4, -0.2) is 18.1 Å². The summed E-state index contributed by atoms with van der Waals surface area (Å²) in [7, 11) is 1.41. The van der Waals surface area contributed by atoms with Gasteiger partial charge in [0.05, 0.1) is 11.6 Å². The number of phenols is 1. The van der Waals surface area contributed by atoms with E-state index in [-0.39, 0.29) is 17.1 Å². The molecule has 2 aromatic carbocycles. The van der Waals surface area contributed by atoms with Gasteiger partial charge in [0.2, 0.25) is 0 Å². The van der Waals surface area contributed by atoms with Gasteiger partial charge in [0.15, 0.2) is 11.5 Å². The minimum absolute atomic E-state index is 0.0582. The Morgan fingerprint density at radius 3 is 2.80 bits per heavy atom. The van der Waals surface area contributed by atoms with E-state index < -0.39 is 5.91 Å². The van der Waals surface area contributed by atoms with Crippen molar-refractivity contribution in [1.82, 2.24) is 0 Å². The number of hydrogen-bond acceptors (Lipinski definition) is 4. The Hall–Kier alpha value is -2.49. The molecule has 7 heteroatoms. The van der Waals surface area contributed by atoms with Gasteiger partial charge in [0, 0.05) is 10.7 Å². The van der Waals surface area contributed by atoms with Crippen molar-refractivity contribution in [3.05, 3.63) is 56.5 Å². The van der Waals surface area contributed by atoms with Crippen LogP contribution in [0.4, 0.5) is 5.69 Å². The van der Waals surface area contributed by atoms with Crippen LogP contribution >= 0.6 is 27.5 Å². The largest absolute Gasteiger partial charge is 0.503 e. The molecule has 0 aliphatic rings. The van der Waals surface area contributed by atoms with Gasteiger partial charge in [-0.25, -0.2) is 0 Å². The lowest BCUT2D eigenvalue weighted by atomic mass is 10.1. The molecule has 0 aliphatic carbocycles. The van der Waals surface area contributed by atoms with Crippen molar-refractivity contribution in [3.8, 4) is 17.6 Å². The smallest absolute Gasteiger partial charge is 0.266 e. The molecule has 0 atom stereocenters. The number of amides is 1. The Morgan fingerprint density at radius 2 is 2.16 bits per heavy atom. The summed E-state index contributed by atoms with van der Waals surface area (Å²) in [6.45, 7) is 1.77.